The van der Waals surface area contributed by atoms with Gasteiger partial charge in [0.25, 0.3) is 11.8 Å². The molecule has 2 aromatic carbocycles. The average Bonchev–Trinajstić information content (AvgIpc) is 2.66. The minimum Gasteiger partial charge on any atom is -0.489 e. The predicted molar refractivity (Wildman–Crippen MR) is 110 cm³/mol. The third-order valence-corrected chi connectivity index (χ3v) is 4.64. The number of barbiturate groups is 1. The van der Waals surface area contributed by atoms with Crippen molar-refractivity contribution in [2.24, 2.45) is 0 Å². The number of para-hydroxylation sites is 1. The Morgan fingerprint density at radius 1 is 1.18 bits per heavy atom. The Morgan fingerprint density at radius 3 is 2.64 bits per heavy atom. The van der Waals surface area contributed by atoms with Gasteiger partial charge in [-0.25, -0.2) is 9.69 Å². The summed E-state index contributed by atoms with van der Waals surface area (Å²) < 4.78 is 6.31. The normalized spacial score (nSPS) is 15.6. The molecule has 1 heterocycles. The van der Waals surface area contributed by atoms with Crippen molar-refractivity contribution in [3.05, 3.63) is 75.8 Å². The van der Waals surface area contributed by atoms with Crippen LogP contribution in [0.1, 0.15) is 5.56 Å². The van der Waals surface area contributed by atoms with E-state index >= 15 is 0 Å². The fraction of sp³-hybridized carbons (Fsp3) is 0.0500. The summed E-state index contributed by atoms with van der Waals surface area (Å²) in [5.74, 6) is -1.12. The summed E-state index contributed by atoms with van der Waals surface area (Å²) in [6, 6.07) is 10.7. The van der Waals surface area contributed by atoms with E-state index < -0.39 is 17.8 Å². The van der Waals surface area contributed by atoms with Crippen LogP contribution in [0.5, 0.6) is 5.75 Å². The van der Waals surface area contributed by atoms with Crippen LogP contribution in [0.25, 0.3) is 6.08 Å². The molecule has 0 aliphatic carbocycles. The molecule has 4 amide bonds. The first kappa shape index (κ1) is 19.9. The smallest absolute Gasteiger partial charge is 0.335 e. The van der Waals surface area contributed by atoms with Gasteiger partial charge in [-0.3, -0.25) is 14.9 Å². The van der Waals surface area contributed by atoms with Crippen molar-refractivity contribution in [3.63, 3.8) is 0 Å². The first-order chi connectivity index (χ1) is 13.4. The van der Waals surface area contributed by atoms with Crippen molar-refractivity contribution >= 4 is 57.1 Å². The molecule has 1 aliphatic rings. The van der Waals surface area contributed by atoms with Gasteiger partial charge in [-0.2, -0.15) is 0 Å². The number of nitrogens with one attached hydrogen (secondary N) is 1. The molecule has 0 unspecified atom stereocenters. The van der Waals surface area contributed by atoms with Gasteiger partial charge in [0.1, 0.15) is 17.9 Å². The van der Waals surface area contributed by atoms with Gasteiger partial charge < -0.3 is 4.74 Å². The van der Waals surface area contributed by atoms with Gasteiger partial charge >= 0.3 is 6.03 Å². The molecule has 1 aliphatic heterocycles. The molecule has 0 atom stereocenters. The fourth-order valence-electron chi connectivity index (χ4n) is 2.58. The summed E-state index contributed by atoms with van der Waals surface area (Å²) >= 11 is 9.48. The standard InChI is InChI=1S/C20H14BrClN2O4/c1-2-9-28-17-8-7-13(21)10-12(17)11-14-18(25)23-20(27)24(19(14)26)16-6-4-3-5-15(16)22/h2-8,10-11H,1,9H2,(H,23,25,27)/b14-11+. The molecule has 8 heteroatoms. The van der Waals surface area contributed by atoms with Gasteiger partial charge in [0.2, 0.25) is 0 Å². The van der Waals surface area contributed by atoms with Crippen LogP contribution in [-0.4, -0.2) is 24.5 Å². The number of urea groups is 1. The Morgan fingerprint density at radius 2 is 1.93 bits per heavy atom. The lowest BCUT2D eigenvalue weighted by molar-refractivity contribution is -0.122. The summed E-state index contributed by atoms with van der Waals surface area (Å²) in [6.07, 6.45) is 2.95. The van der Waals surface area contributed by atoms with E-state index in [-0.39, 0.29) is 22.9 Å². The molecule has 0 aromatic heterocycles. The van der Waals surface area contributed by atoms with E-state index in [2.05, 4.69) is 27.8 Å². The summed E-state index contributed by atoms with van der Waals surface area (Å²) in [5.41, 5.74) is 0.451. The number of carbonyl (C=O) groups is 3. The molecule has 1 N–H and O–H groups in total. The topological polar surface area (TPSA) is 75.7 Å². The van der Waals surface area contributed by atoms with Crippen LogP contribution in [0.2, 0.25) is 5.02 Å². The number of carbonyl (C=O) groups excluding carboxylic acids is 3. The number of anilines is 1. The van der Waals surface area contributed by atoms with Crippen molar-refractivity contribution in [1.29, 1.82) is 0 Å². The molecule has 1 saturated heterocycles. The van der Waals surface area contributed by atoms with Crippen LogP contribution < -0.4 is 15.0 Å². The van der Waals surface area contributed by atoms with E-state index in [9.17, 15) is 14.4 Å². The molecule has 28 heavy (non-hydrogen) atoms. The second kappa shape index (κ2) is 8.41. The molecule has 0 saturated carbocycles. The summed E-state index contributed by atoms with van der Waals surface area (Å²) in [6.45, 7) is 3.85. The van der Waals surface area contributed by atoms with E-state index in [1.54, 1.807) is 42.5 Å². The minimum absolute atomic E-state index is 0.183. The number of rotatable bonds is 5. The highest BCUT2D eigenvalue weighted by atomic mass is 79.9. The molecular weight excluding hydrogens is 448 g/mol. The Hall–Kier alpha value is -2.90. The zero-order valence-corrected chi connectivity index (χ0v) is 16.8. The van der Waals surface area contributed by atoms with Crippen molar-refractivity contribution in [2.45, 2.75) is 0 Å². The van der Waals surface area contributed by atoms with Crippen LogP contribution in [0, 0.1) is 0 Å². The number of halogens is 2. The lowest BCUT2D eigenvalue weighted by Crippen LogP contribution is -2.54. The molecule has 142 valence electrons. The lowest BCUT2D eigenvalue weighted by atomic mass is 10.1. The zero-order chi connectivity index (χ0) is 20.3. The fourth-order valence-corrected chi connectivity index (χ4v) is 3.18. The van der Waals surface area contributed by atoms with Crippen molar-refractivity contribution in [3.8, 4) is 5.75 Å². The quantitative estimate of drug-likeness (QED) is 0.408. The summed E-state index contributed by atoms with van der Waals surface area (Å²) in [7, 11) is 0. The Kier molecular flexibility index (Phi) is 5.96. The number of nitrogens with zero attached hydrogens (tertiary/aromatic N) is 1. The van der Waals surface area contributed by atoms with Crippen LogP contribution in [0.15, 0.2) is 65.2 Å². The number of ether oxygens (including phenoxy) is 1. The van der Waals surface area contributed by atoms with Gasteiger partial charge in [0, 0.05) is 10.0 Å². The second-order valence-corrected chi connectivity index (χ2v) is 7.01. The highest BCUT2D eigenvalue weighted by Crippen LogP contribution is 2.30. The first-order valence-electron chi connectivity index (χ1n) is 8.11. The average molecular weight is 462 g/mol. The van der Waals surface area contributed by atoms with Crippen molar-refractivity contribution in [2.75, 3.05) is 11.5 Å². The Labute approximate surface area is 174 Å². The third-order valence-electron chi connectivity index (χ3n) is 3.82. The highest BCUT2D eigenvalue weighted by Gasteiger charge is 2.37. The van der Waals surface area contributed by atoms with Gasteiger partial charge in [-0.15, -0.1) is 0 Å². The third kappa shape index (κ3) is 4.00. The maximum atomic E-state index is 13.0. The van der Waals surface area contributed by atoms with E-state index in [0.717, 1.165) is 9.37 Å². The van der Waals surface area contributed by atoms with E-state index in [1.807, 2.05) is 0 Å². The van der Waals surface area contributed by atoms with Crippen LogP contribution in [0.4, 0.5) is 10.5 Å². The number of hydrogen-bond acceptors (Lipinski definition) is 4. The van der Waals surface area contributed by atoms with E-state index in [1.165, 1.54) is 12.1 Å². The minimum atomic E-state index is -0.863. The lowest BCUT2D eigenvalue weighted by Gasteiger charge is -2.27. The molecule has 6 nitrogen and oxygen atoms in total. The molecule has 0 radical (unpaired) electrons. The molecule has 2 aromatic rings. The summed E-state index contributed by atoms with van der Waals surface area (Å²) in [5, 5.41) is 2.37. The van der Waals surface area contributed by atoms with Gasteiger partial charge in [0.15, 0.2) is 0 Å². The number of imide groups is 2. The van der Waals surface area contributed by atoms with Gasteiger partial charge in [-0.1, -0.05) is 52.3 Å². The van der Waals surface area contributed by atoms with Gasteiger partial charge in [0.05, 0.1) is 10.7 Å². The first-order valence-corrected chi connectivity index (χ1v) is 9.28. The monoisotopic (exact) mass is 460 g/mol. The molecule has 1 fully saturated rings. The zero-order valence-electron chi connectivity index (χ0n) is 14.4. The van der Waals surface area contributed by atoms with Crippen molar-refractivity contribution in [1.82, 2.24) is 5.32 Å². The SMILES string of the molecule is C=CCOc1ccc(Br)cc1/C=C1\C(=O)NC(=O)N(c2ccccc2Cl)C1=O. The Bertz CT molecular complexity index is 1020. The number of hydrogen-bond donors (Lipinski definition) is 1. The molecule has 3 rings (SSSR count). The van der Waals surface area contributed by atoms with Gasteiger partial charge in [-0.05, 0) is 36.4 Å². The maximum Gasteiger partial charge on any atom is 0.335 e. The maximum absolute atomic E-state index is 13.0. The van der Waals surface area contributed by atoms with Crippen molar-refractivity contribution < 1.29 is 19.1 Å². The molecule has 0 spiro atoms. The van der Waals surface area contributed by atoms with Crippen LogP contribution in [0.3, 0.4) is 0 Å². The van der Waals surface area contributed by atoms with E-state index in [0.29, 0.717) is 11.3 Å². The predicted octanol–water partition coefficient (Wildman–Crippen LogP) is 4.33. The number of benzene rings is 2. The largest absolute Gasteiger partial charge is 0.489 e. The number of amides is 4. The highest BCUT2D eigenvalue weighted by molar-refractivity contribution is 9.10. The summed E-state index contributed by atoms with van der Waals surface area (Å²) in [4.78, 5) is 38.4. The molecule has 0 bridgehead atoms. The van der Waals surface area contributed by atoms with Crippen LogP contribution in [-0.2, 0) is 9.59 Å². The second-order valence-electron chi connectivity index (χ2n) is 5.69. The van der Waals surface area contributed by atoms with Crippen LogP contribution >= 0.6 is 27.5 Å². The Balaban J connectivity index is 2.06. The van der Waals surface area contributed by atoms with E-state index in [4.69, 9.17) is 16.3 Å². The molecular formula is C20H14BrClN2O4.